The van der Waals surface area contributed by atoms with Crippen LogP contribution < -0.4 is 10.6 Å². The van der Waals surface area contributed by atoms with Crippen LogP contribution in [0.1, 0.15) is 24.2 Å². The van der Waals surface area contributed by atoms with Crippen molar-refractivity contribution in [3.63, 3.8) is 0 Å². The van der Waals surface area contributed by atoms with Crippen molar-refractivity contribution < 1.29 is 14.3 Å². The third-order valence-electron chi connectivity index (χ3n) is 4.47. The molecular formula is C17H21FN4O2. The van der Waals surface area contributed by atoms with Crippen LogP contribution in [0.2, 0.25) is 0 Å². The Hall–Kier alpha value is -2.41. The molecule has 2 amide bonds. The van der Waals surface area contributed by atoms with E-state index in [-0.39, 0.29) is 30.4 Å². The fraction of sp³-hybridized carbons (Fsp3) is 0.412. The molecule has 24 heavy (non-hydrogen) atoms. The highest BCUT2D eigenvalue weighted by Crippen LogP contribution is 2.44. The molecule has 7 heteroatoms. The van der Waals surface area contributed by atoms with Gasteiger partial charge in [-0.05, 0) is 37.5 Å². The Morgan fingerprint density at radius 2 is 2.21 bits per heavy atom. The molecule has 0 spiro atoms. The summed E-state index contributed by atoms with van der Waals surface area (Å²) >= 11 is 0. The molecular weight excluding hydrogens is 311 g/mol. The number of urea groups is 1. The van der Waals surface area contributed by atoms with E-state index in [4.69, 9.17) is 0 Å². The second kappa shape index (κ2) is 6.60. The second-order valence-electron chi connectivity index (χ2n) is 6.32. The number of aliphatic hydroxyl groups is 1. The molecule has 0 unspecified atom stereocenters. The maximum Gasteiger partial charge on any atom is 0.315 e. The lowest BCUT2D eigenvalue weighted by atomic mass is 10.1. The van der Waals surface area contributed by atoms with E-state index in [1.165, 1.54) is 6.07 Å². The number of hydrogen-bond acceptors (Lipinski definition) is 3. The van der Waals surface area contributed by atoms with E-state index in [0.717, 1.165) is 12.8 Å². The van der Waals surface area contributed by atoms with E-state index in [2.05, 4.69) is 15.6 Å². The van der Waals surface area contributed by atoms with Crippen molar-refractivity contribution in [1.29, 1.82) is 0 Å². The lowest BCUT2D eigenvalue weighted by Gasteiger charge is -2.14. The lowest BCUT2D eigenvalue weighted by molar-refractivity contribution is 0.203. The number of aromatic nitrogens is 2. The number of nitrogens with one attached hydrogen (secondary N) is 2. The Morgan fingerprint density at radius 3 is 2.79 bits per heavy atom. The smallest absolute Gasteiger partial charge is 0.315 e. The quantitative estimate of drug-likeness (QED) is 0.756. The van der Waals surface area contributed by atoms with Crippen molar-refractivity contribution in [2.75, 3.05) is 13.2 Å². The molecule has 1 saturated carbocycles. The molecule has 3 rings (SSSR count). The Bertz CT molecular complexity index is 740. The molecule has 6 nitrogen and oxygen atoms in total. The van der Waals surface area contributed by atoms with Crippen LogP contribution in [0.4, 0.5) is 9.18 Å². The summed E-state index contributed by atoms with van der Waals surface area (Å²) in [7, 11) is 0. The minimum atomic E-state index is -0.368. The summed E-state index contributed by atoms with van der Waals surface area (Å²) in [6, 6.07) is 4.54. The first-order valence-electron chi connectivity index (χ1n) is 7.94. The number of benzene rings is 1. The van der Waals surface area contributed by atoms with Gasteiger partial charge in [0, 0.05) is 30.9 Å². The summed E-state index contributed by atoms with van der Waals surface area (Å²) in [5.74, 6) is 0.338. The van der Waals surface area contributed by atoms with Crippen LogP contribution in [0, 0.1) is 18.2 Å². The summed E-state index contributed by atoms with van der Waals surface area (Å²) in [6.45, 7) is 2.59. The number of amides is 2. The van der Waals surface area contributed by atoms with Crippen LogP contribution >= 0.6 is 0 Å². The molecule has 128 valence electrons. The van der Waals surface area contributed by atoms with Gasteiger partial charge in [0.1, 0.15) is 11.6 Å². The van der Waals surface area contributed by atoms with E-state index in [0.29, 0.717) is 23.6 Å². The number of aryl methyl sites for hydroxylation is 1. The van der Waals surface area contributed by atoms with Crippen LogP contribution in [0.25, 0.3) is 5.69 Å². The van der Waals surface area contributed by atoms with Gasteiger partial charge in [-0.1, -0.05) is 6.07 Å². The zero-order valence-electron chi connectivity index (χ0n) is 13.6. The van der Waals surface area contributed by atoms with Crippen LogP contribution in [-0.2, 0) is 6.54 Å². The predicted molar refractivity (Wildman–Crippen MR) is 87.3 cm³/mol. The molecule has 1 aromatic heterocycles. The third kappa shape index (κ3) is 3.56. The van der Waals surface area contributed by atoms with Gasteiger partial charge in [-0.25, -0.2) is 14.2 Å². The number of rotatable bonds is 6. The Labute approximate surface area is 139 Å². The van der Waals surface area contributed by atoms with Crippen molar-refractivity contribution in [3.8, 4) is 5.69 Å². The number of aliphatic hydroxyl groups excluding tert-OH is 1. The second-order valence-corrected chi connectivity index (χ2v) is 6.32. The summed E-state index contributed by atoms with van der Waals surface area (Å²) in [5.41, 5.74) is 0.970. The largest absolute Gasteiger partial charge is 0.396 e. The number of nitrogens with zero attached hydrogens (tertiary/aromatic N) is 2. The first-order chi connectivity index (χ1) is 11.5. The Kier molecular flexibility index (Phi) is 4.53. The molecule has 1 fully saturated rings. The topological polar surface area (TPSA) is 79.2 Å². The number of carbonyl (C=O) groups is 1. The maximum atomic E-state index is 14.3. The summed E-state index contributed by atoms with van der Waals surface area (Å²) in [4.78, 5) is 15.9. The third-order valence-corrected chi connectivity index (χ3v) is 4.47. The lowest BCUT2D eigenvalue weighted by Crippen LogP contribution is -2.39. The molecule has 1 aromatic carbocycles. The average molecular weight is 332 g/mol. The molecule has 0 radical (unpaired) electrons. The van der Waals surface area contributed by atoms with Crippen molar-refractivity contribution in [2.24, 2.45) is 5.41 Å². The van der Waals surface area contributed by atoms with E-state index >= 15 is 0 Å². The van der Waals surface area contributed by atoms with Crippen molar-refractivity contribution >= 4 is 6.03 Å². The molecule has 1 aliphatic carbocycles. The van der Waals surface area contributed by atoms with Crippen molar-refractivity contribution in [3.05, 3.63) is 47.8 Å². The molecule has 0 saturated heterocycles. The van der Waals surface area contributed by atoms with E-state index in [9.17, 15) is 14.3 Å². The molecule has 3 N–H and O–H groups in total. The standard InChI is InChI=1S/C17H21FN4O2/c1-12-19-6-7-22(12)15-3-2-13(8-14(15)18)9-20-16(24)21-10-17(11-23)4-5-17/h2-3,6-8,23H,4-5,9-11H2,1H3,(H2,20,21,24). The van der Waals surface area contributed by atoms with Gasteiger partial charge in [0.25, 0.3) is 0 Å². The van der Waals surface area contributed by atoms with Crippen LogP contribution in [0.15, 0.2) is 30.6 Å². The minimum absolute atomic E-state index is 0.0909. The van der Waals surface area contributed by atoms with Crippen molar-refractivity contribution in [2.45, 2.75) is 26.3 Å². The summed E-state index contributed by atoms with van der Waals surface area (Å²) in [6.07, 6.45) is 5.19. The number of imidazole rings is 1. The fourth-order valence-electron chi connectivity index (χ4n) is 2.57. The number of carbonyl (C=O) groups excluding carboxylic acids is 1. The molecule has 1 heterocycles. The summed E-state index contributed by atoms with van der Waals surface area (Å²) < 4.78 is 15.9. The SMILES string of the molecule is Cc1nccn1-c1ccc(CNC(=O)NCC2(CO)CC2)cc1F. The highest BCUT2D eigenvalue weighted by Gasteiger charge is 2.42. The van der Waals surface area contributed by atoms with E-state index in [1.807, 2.05) is 0 Å². The average Bonchev–Trinajstić information content (AvgIpc) is 3.25. The Balaban J connectivity index is 1.55. The molecule has 2 aromatic rings. The zero-order chi connectivity index (χ0) is 17.2. The van der Waals surface area contributed by atoms with Gasteiger partial charge in [0.05, 0.1) is 12.3 Å². The van der Waals surface area contributed by atoms with Gasteiger partial charge < -0.3 is 20.3 Å². The molecule has 1 aliphatic rings. The van der Waals surface area contributed by atoms with Gasteiger partial charge in [-0.15, -0.1) is 0 Å². The van der Waals surface area contributed by atoms with Gasteiger partial charge in [-0.2, -0.15) is 0 Å². The first kappa shape index (κ1) is 16.4. The highest BCUT2D eigenvalue weighted by molar-refractivity contribution is 5.73. The molecule has 0 atom stereocenters. The highest BCUT2D eigenvalue weighted by atomic mass is 19.1. The van der Waals surface area contributed by atoms with E-state index < -0.39 is 0 Å². The monoisotopic (exact) mass is 332 g/mol. The Morgan fingerprint density at radius 1 is 1.42 bits per heavy atom. The molecule has 0 aliphatic heterocycles. The van der Waals surface area contributed by atoms with Crippen LogP contribution in [0.3, 0.4) is 0 Å². The maximum absolute atomic E-state index is 14.3. The zero-order valence-corrected chi connectivity index (χ0v) is 13.6. The fourth-order valence-corrected chi connectivity index (χ4v) is 2.57. The first-order valence-corrected chi connectivity index (χ1v) is 7.94. The van der Waals surface area contributed by atoms with E-state index in [1.54, 1.807) is 36.0 Å². The van der Waals surface area contributed by atoms with Gasteiger partial charge >= 0.3 is 6.03 Å². The van der Waals surface area contributed by atoms with Crippen molar-refractivity contribution in [1.82, 2.24) is 20.2 Å². The van der Waals surface area contributed by atoms with Crippen LogP contribution in [-0.4, -0.2) is 33.8 Å². The molecule has 0 bridgehead atoms. The minimum Gasteiger partial charge on any atom is -0.396 e. The normalized spacial score (nSPS) is 15.1. The van der Waals surface area contributed by atoms with Gasteiger partial charge in [0.15, 0.2) is 0 Å². The van der Waals surface area contributed by atoms with Gasteiger partial charge in [0.2, 0.25) is 0 Å². The number of hydrogen-bond donors (Lipinski definition) is 3. The summed E-state index contributed by atoms with van der Waals surface area (Å²) in [5, 5.41) is 14.7. The predicted octanol–water partition coefficient (Wildman–Crippen LogP) is 1.89. The number of halogens is 1. The van der Waals surface area contributed by atoms with Crippen LogP contribution in [0.5, 0.6) is 0 Å². The van der Waals surface area contributed by atoms with Gasteiger partial charge in [-0.3, -0.25) is 0 Å².